The van der Waals surface area contributed by atoms with Gasteiger partial charge in [0.1, 0.15) is 125 Å². The summed E-state index contributed by atoms with van der Waals surface area (Å²) in [4.78, 5) is 134. The Morgan fingerprint density at radius 2 is 1.53 bits per heavy atom. The lowest BCUT2D eigenvalue weighted by molar-refractivity contribution is -0.268. The molecule has 0 saturated carbocycles. The van der Waals surface area contributed by atoms with E-state index in [9.17, 15) is 34.2 Å². The smallest absolute Gasteiger partial charge is 0.355 e. The average molecular weight is 1350 g/mol. The van der Waals surface area contributed by atoms with Crippen LogP contribution >= 0.6 is 56.7 Å². The SMILES string of the molecule is CO/C(C)=C1/NC(=O)[C@H]([C@@H](C)O)NC(=O)c2csc(n2)-c2cc(O)c(-c3nc(C(N)=O)cs3)nc2-c2csc(n2)[C@@H]2COC(=O)c3[nH]c4cccc5c4c3COC([C@H](O[C@H]3C[C@]4(C)OCN(C)[C@@H]4[C@H](C)O3)C(=O)OC5)[C@H](NC(=O)c3csc1n3)c1nc(cs1)C(=O)N2. The number of aromatic hydroxyl groups is 1. The van der Waals surface area contributed by atoms with Gasteiger partial charge in [-0.1, -0.05) is 12.1 Å². The molecule has 5 amide bonds. The third kappa shape index (κ3) is 11.7. The first-order valence-electron chi connectivity index (χ1n) is 28.4. The van der Waals surface area contributed by atoms with Crippen LogP contribution in [0.5, 0.6) is 5.75 Å². The Bertz CT molecular complexity index is 4340. The van der Waals surface area contributed by atoms with Crippen LogP contribution in [0.3, 0.4) is 0 Å². The van der Waals surface area contributed by atoms with Crippen molar-refractivity contribution < 1.29 is 76.9 Å². The molecule has 34 heteroatoms. The number of nitrogens with one attached hydrogen (secondary N) is 5. The first-order chi connectivity index (χ1) is 44.1. The summed E-state index contributed by atoms with van der Waals surface area (Å²) in [6.07, 6.45) is -6.41. The number of H-pyrrole nitrogens is 1. The van der Waals surface area contributed by atoms with Crippen molar-refractivity contribution in [3.8, 4) is 38.4 Å². The number of aliphatic hydroxyl groups excluding tert-OH is 1. The van der Waals surface area contributed by atoms with Crippen LogP contribution in [-0.2, 0) is 56.0 Å². The van der Waals surface area contributed by atoms with E-state index in [1.807, 2.05) is 25.8 Å². The van der Waals surface area contributed by atoms with Gasteiger partial charge in [0.25, 0.3) is 23.6 Å². The summed E-state index contributed by atoms with van der Waals surface area (Å²) < 4.78 is 44.5. The quantitative estimate of drug-likeness (QED) is 0.0809. The highest BCUT2D eigenvalue weighted by molar-refractivity contribution is 7.14. The van der Waals surface area contributed by atoms with Crippen LogP contribution in [0, 0.1) is 0 Å². The number of hydrogen-bond acceptors (Lipinski definition) is 28. The molecule has 7 aromatic heterocycles. The van der Waals surface area contributed by atoms with E-state index >= 15 is 9.59 Å². The number of likely N-dealkylation sites (N-methyl/N-ethyl adjacent to an activating group) is 1. The summed E-state index contributed by atoms with van der Waals surface area (Å²) in [5.41, 5.74) is 5.35. The van der Waals surface area contributed by atoms with Gasteiger partial charge in [-0.15, -0.1) is 56.7 Å². The number of thiazole rings is 5. The summed E-state index contributed by atoms with van der Waals surface area (Å²) in [5.74, 6) is -6.47. The number of benzene rings is 1. The van der Waals surface area contributed by atoms with Crippen molar-refractivity contribution >= 4 is 115 Å². The number of ether oxygens (including phenoxy) is 7. The van der Waals surface area contributed by atoms with Crippen molar-refractivity contribution in [2.45, 2.75) is 108 Å². The van der Waals surface area contributed by atoms with Gasteiger partial charge in [-0.05, 0) is 52.4 Å². The zero-order valence-electron chi connectivity index (χ0n) is 49.3. The summed E-state index contributed by atoms with van der Waals surface area (Å²) in [6.45, 7) is 5.58. The number of aromatic amines is 1. The maximum Gasteiger partial charge on any atom is 0.355 e. The molecule has 13 rings (SSSR count). The molecule has 478 valence electrons. The number of hydrogen-bond donors (Lipinski definition) is 8. The Kier molecular flexibility index (Phi) is 16.8. The first-order valence-corrected chi connectivity index (χ1v) is 32.7. The number of nitrogens with two attached hydrogens (primary N) is 1. The van der Waals surface area contributed by atoms with Crippen LogP contribution in [0.15, 0.2) is 56.9 Å². The predicted octanol–water partition coefficient (Wildman–Crippen LogP) is 4.92. The fourth-order valence-corrected chi connectivity index (χ4v) is 15.9. The molecular weight excluding hydrogens is 1300 g/mol. The molecule has 0 spiro atoms. The number of aromatic nitrogens is 7. The number of nitrogens with zero attached hydrogens (tertiary/aromatic N) is 7. The van der Waals surface area contributed by atoms with Crippen molar-refractivity contribution in [2.75, 3.05) is 27.5 Å². The maximum absolute atomic E-state index is 15.2. The predicted molar refractivity (Wildman–Crippen MR) is 330 cm³/mol. The normalized spacial score (nSPS) is 25.7. The van der Waals surface area contributed by atoms with E-state index in [-0.39, 0.29) is 112 Å². The van der Waals surface area contributed by atoms with Crippen molar-refractivity contribution in [2.24, 2.45) is 5.73 Å². The van der Waals surface area contributed by atoms with Gasteiger partial charge in [-0.25, -0.2) is 39.5 Å². The van der Waals surface area contributed by atoms with Gasteiger partial charge < -0.3 is 75.4 Å². The van der Waals surface area contributed by atoms with Crippen LogP contribution in [-0.4, -0.2) is 167 Å². The fourth-order valence-electron chi connectivity index (χ4n) is 11.7. The molecular formula is C58H55N13O16S5. The second kappa shape index (κ2) is 24.8. The molecule has 12 bridgehead atoms. The van der Waals surface area contributed by atoms with Crippen LogP contribution in [0.4, 0.5) is 0 Å². The monoisotopic (exact) mass is 1350 g/mol. The molecule has 0 radical (unpaired) electrons. The molecule has 5 aliphatic rings. The van der Waals surface area contributed by atoms with E-state index in [0.717, 1.165) is 56.7 Å². The van der Waals surface area contributed by atoms with Crippen molar-refractivity contribution in [3.05, 3.63) is 112 Å². The highest BCUT2D eigenvalue weighted by atomic mass is 32.1. The standard InChI is InChI=1S/C58H55N13O16S5/c1-21(72)37-50(78)69-38(22(2)81-6)53-65-33(19-91-53)49(77)70-42-43-44(87-35-11-58(4)45(23(3)86-35)71(5)20-85-58)57(80)83-12-24-8-7-9-27-36(24)26(13-82-43)40(60-27)56(79)84-14-28(61-47(75)31-18-92-55(42)66-31)52-62-29(15-89-52)39-25(51-64-32(17-88-51)48(76)68-37)10-34(73)41(67-39)54-63-30(16-90-54)46(59)74/h7-10,15-19,21,23,28,35,37,42-45,60,72-73H,11-14,20H2,1-6H3,(H2,59,74)(H,61,75)(H,68,76)(H,69,78)(H,70,77)/b38-22+/t21-,23+,28+,35+,37+,42+,43?,44+,45-,58+/m1/s1. The summed E-state index contributed by atoms with van der Waals surface area (Å²) in [5, 5.41) is 42.0. The lowest BCUT2D eigenvalue weighted by Crippen LogP contribution is -2.58. The molecule has 2 fully saturated rings. The summed E-state index contributed by atoms with van der Waals surface area (Å²) in [7, 11) is 3.24. The molecule has 29 nitrogen and oxygen atoms in total. The number of rotatable bonds is 6. The number of methoxy groups -OCH3 is 1. The molecule has 1 unspecified atom stereocenters. The average Bonchev–Trinajstić information content (AvgIpc) is 1.53. The second-order valence-electron chi connectivity index (χ2n) is 22.3. The van der Waals surface area contributed by atoms with Crippen LogP contribution in [0.25, 0.3) is 49.3 Å². The van der Waals surface area contributed by atoms with E-state index < -0.39 is 115 Å². The lowest BCUT2D eigenvalue weighted by Gasteiger charge is -2.45. The van der Waals surface area contributed by atoms with Gasteiger partial charge >= 0.3 is 11.9 Å². The molecule has 1 aromatic carbocycles. The minimum atomic E-state index is -1.76. The fraction of sp³-hybridized carbons (Fsp3) is 0.362. The molecule has 8 aromatic rings. The third-order valence-electron chi connectivity index (χ3n) is 16.1. The molecule has 10 atom stereocenters. The minimum Gasteiger partial charge on any atom is -0.506 e. The van der Waals surface area contributed by atoms with Gasteiger partial charge in [0, 0.05) is 55.4 Å². The van der Waals surface area contributed by atoms with Gasteiger partial charge in [0.2, 0.25) is 5.91 Å². The molecule has 5 aliphatic heterocycles. The maximum atomic E-state index is 15.2. The van der Waals surface area contributed by atoms with Gasteiger partial charge in [0.15, 0.2) is 12.4 Å². The molecule has 0 aliphatic carbocycles. The number of aliphatic hydroxyl groups is 1. The van der Waals surface area contributed by atoms with E-state index in [1.165, 1.54) is 48.5 Å². The number of fused-ring (bicyclic) bond motifs is 16. The largest absolute Gasteiger partial charge is 0.506 e. The molecule has 92 heavy (non-hydrogen) atoms. The lowest BCUT2D eigenvalue weighted by atomic mass is 9.86. The first kappa shape index (κ1) is 62.3. The van der Waals surface area contributed by atoms with E-state index in [2.05, 4.69) is 41.2 Å². The molecule has 12 heterocycles. The van der Waals surface area contributed by atoms with E-state index in [4.69, 9.17) is 53.8 Å². The second-order valence-corrected chi connectivity index (χ2v) is 26.6. The highest BCUT2D eigenvalue weighted by Gasteiger charge is 2.54. The summed E-state index contributed by atoms with van der Waals surface area (Å²) >= 11 is 4.82. The summed E-state index contributed by atoms with van der Waals surface area (Å²) in [6, 6.07) is 1.88. The number of carbonyl (C=O) groups is 7. The number of carbonyl (C=O) groups excluding carboxylic acids is 7. The number of pyridine rings is 1. The van der Waals surface area contributed by atoms with Gasteiger partial charge in [-0.2, -0.15) is 0 Å². The minimum absolute atomic E-state index is 0.0224. The number of amides is 5. The Hall–Kier alpha value is -8.55. The van der Waals surface area contributed by atoms with Crippen molar-refractivity contribution in [3.63, 3.8) is 0 Å². The number of esters is 2. The molecule has 9 N–H and O–H groups in total. The highest BCUT2D eigenvalue weighted by Crippen LogP contribution is 2.44. The van der Waals surface area contributed by atoms with Crippen LogP contribution in [0.2, 0.25) is 0 Å². The third-order valence-corrected chi connectivity index (χ3v) is 20.6. The molecule has 2 saturated heterocycles. The topological polar surface area (TPSA) is 395 Å². The van der Waals surface area contributed by atoms with Crippen molar-refractivity contribution in [1.29, 1.82) is 0 Å². The van der Waals surface area contributed by atoms with Gasteiger partial charge in [0.05, 0.1) is 44.3 Å². The Balaban J connectivity index is 0.986. The van der Waals surface area contributed by atoms with Crippen molar-refractivity contribution in [1.82, 2.24) is 61.1 Å². The van der Waals surface area contributed by atoms with Crippen LogP contribution in [0.1, 0.15) is 125 Å². The Labute approximate surface area is 540 Å². The Morgan fingerprint density at radius 1 is 0.837 bits per heavy atom. The Morgan fingerprint density at radius 3 is 2.29 bits per heavy atom. The number of cyclic esters (lactones) is 2. The zero-order valence-corrected chi connectivity index (χ0v) is 53.4. The number of allylic oxidation sites excluding steroid dienone is 1. The number of primary amides is 1. The van der Waals surface area contributed by atoms with E-state index in [0.29, 0.717) is 23.2 Å². The zero-order chi connectivity index (χ0) is 64.6. The van der Waals surface area contributed by atoms with E-state index in [1.54, 1.807) is 23.6 Å². The van der Waals surface area contributed by atoms with Gasteiger partial charge in [-0.3, -0.25) is 28.9 Å². The van der Waals surface area contributed by atoms with Crippen LogP contribution < -0.4 is 27.0 Å².